The monoisotopic (exact) mass is 393 g/mol. The average molecular weight is 394 g/mol. The fourth-order valence-electron chi connectivity index (χ4n) is 4.66. The topological polar surface area (TPSA) is 30.9 Å². The number of hydrogen-bond donors (Lipinski definition) is 0. The standard InChI is InChI=1S/C25H31NO3/c1-27-23-11-10-18(21-8-4-5-9-22(21)23)7-6-13-26-14-12-19-15-24(28-2)25(29-3)16-20(19)17-26/h4-5,7-9,15-16,23H,6,10-14,17H2,1-3H3. The number of fused-ring (bicyclic) bond motifs is 2. The molecule has 0 radical (unpaired) electrons. The number of nitrogens with zero attached hydrogens (tertiary/aromatic N) is 1. The molecule has 29 heavy (non-hydrogen) atoms. The molecule has 2 aromatic rings. The molecule has 1 unspecified atom stereocenters. The Morgan fingerprint density at radius 1 is 1.00 bits per heavy atom. The normalized spacial score (nSPS) is 20.2. The summed E-state index contributed by atoms with van der Waals surface area (Å²) in [5.74, 6) is 1.65. The maximum absolute atomic E-state index is 5.68. The first-order valence-electron chi connectivity index (χ1n) is 10.5. The highest BCUT2D eigenvalue weighted by Gasteiger charge is 2.23. The SMILES string of the molecule is COc1cc2c(cc1OC)CN(CCC=C1CCC(OC)c3ccccc31)CC2. The van der Waals surface area contributed by atoms with Gasteiger partial charge in [0.15, 0.2) is 11.5 Å². The van der Waals surface area contributed by atoms with E-state index in [4.69, 9.17) is 14.2 Å². The molecular weight excluding hydrogens is 362 g/mol. The van der Waals surface area contributed by atoms with Crippen LogP contribution in [0.25, 0.3) is 5.57 Å². The Balaban J connectivity index is 1.42. The lowest BCUT2D eigenvalue weighted by Gasteiger charge is -2.30. The van der Waals surface area contributed by atoms with E-state index in [2.05, 4.69) is 47.4 Å². The zero-order valence-electron chi connectivity index (χ0n) is 17.7. The van der Waals surface area contributed by atoms with Crippen LogP contribution in [0.2, 0.25) is 0 Å². The van der Waals surface area contributed by atoms with Crippen molar-refractivity contribution in [3.8, 4) is 11.5 Å². The Bertz CT molecular complexity index is 890. The molecule has 1 atom stereocenters. The summed E-state index contributed by atoms with van der Waals surface area (Å²) in [5.41, 5.74) is 6.90. The summed E-state index contributed by atoms with van der Waals surface area (Å²) in [6.45, 7) is 3.14. The van der Waals surface area contributed by atoms with Gasteiger partial charge in [-0.3, -0.25) is 4.90 Å². The van der Waals surface area contributed by atoms with Crippen molar-refractivity contribution in [2.24, 2.45) is 0 Å². The molecule has 1 heterocycles. The fourth-order valence-corrected chi connectivity index (χ4v) is 4.66. The molecule has 4 rings (SSSR count). The predicted octanol–water partition coefficient (Wildman–Crippen LogP) is 5.02. The third kappa shape index (κ3) is 4.19. The van der Waals surface area contributed by atoms with Gasteiger partial charge in [-0.05, 0) is 65.6 Å². The van der Waals surface area contributed by atoms with Gasteiger partial charge in [-0.15, -0.1) is 0 Å². The average Bonchev–Trinajstić information content (AvgIpc) is 2.78. The van der Waals surface area contributed by atoms with Crippen molar-refractivity contribution in [2.75, 3.05) is 34.4 Å². The van der Waals surface area contributed by atoms with Gasteiger partial charge < -0.3 is 14.2 Å². The highest BCUT2D eigenvalue weighted by molar-refractivity contribution is 5.70. The number of rotatable bonds is 6. The van der Waals surface area contributed by atoms with E-state index in [-0.39, 0.29) is 6.10 Å². The van der Waals surface area contributed by atoms with Crippen molar-refractivity contribution in [1.82, 2.24) is 4.90 Å². The van der Waals surface area contributed by atoms with Crippen LogP contribution in [0.3, 0.4) is 0 Å². The second-order valence-electron chi connectivity index (χ2n) is 7.87. The van der Waals surface area contributed by atoms with Gasteiger partial charge in [-0.2, -0.15) is 0 Å². The van der Waals surface area contributed by atoms with E-state index in [0.29, 0.717) is 0 Å². The van der Waals surface area contributed by atoms with Gasteiger partial charge in [0.25, 0.3) is 0 Å². The molecule has 0 aromatic heterocycles. The van der Waals surface area contributed by atoms with Crippen LogP contribution >= 0.6 is 0 Å². The Hall–Kier alpha value is -2.30. The lowest BCUT2D eigenvalue weighted by molar-refractivity contribution is 0.0943. The quantitative estimate of drug-likeness (QED) is 0.690. The number of allylic oxidation sites excluding steroid dienone is 1. The number of ether oxygens (including phenoxy) is 3. The molecule has 0 saturated carbocycles. The summed E-state index contributed by atoms with van der Waals surface area (Å²) in [5, 5.41) is 0. The van der Waals surface area contributed by atoms with E-state index in [1.807, 2.05) is 7.11 Å². The van der Waals surface area contributed by atoms with Gasteiger partial charge in [0.2, 0.25) is 0 Å². The molecule has 0 saturated heterocycles. The molecule has 0 fully saturated rings. The zero-order valence-corrected chi connectivity index (χ0v) is 17.7. The van der Waals surface area contributed by atoms with E-state index in [0.717, 1.165) is 56.8 Å². The first-order valence-corrected chi connectivity index (χ1v) is 10.5. The molecule has 154 valence electrons. The minimum atomic E-state index is 0.230. The van der Waals surface area contributed by atoms with Gasteiger partial charge >= 0.3 is 0 Å². The molecule has 2 aromatic carbocycles. The molecule has 0 spiro atoms. The molecule has 1 aliphatic heterocycles. The van der Waals surface area contributed by atoms with Crippen molar-refractivity contribution in [2.45, 2.75) is 38.3 Å². The van der Waals surface area contributed by atoms with Crippen LogP contribution in [0.1, 0.15) is 47.6 Å². The molecule has 0 bridgehead atoms. The summed E-state index contributed by atoms with van der Waals surface area (Å²) in [6.07, 6.45) is 6.96. The Labute approximate surface area is 174 Å². The molecule has 1 aliphatic carbocycles. The molecule has 0 N–H and O–H groups in total. The number of hydrogen-bond acceptors (Lipinski definition) is 4. The van der Waals surface area contributed by atoms with Crippen molar-refractivity contribution in [3.05, 3.63) is 64.7 Å². The third-order valence-corrected chi connectivity index (χ3v) is 6.25. The van der Waals surface area contributed by atoms with E-state index in [9.17, 15) is 0 Å². The van der Waals surface area contributed by atoms with Crippen LogP contribution in [0, 0.1) is 0 Å². The van der Waals surface area contributed by atoms with Crippen LogP contribution in [0.5, 0.6) is 11.5 Å². The van der Waals surface area contributed by atoms with Gasteiger partial charge in [0, 0.05) is 26.7 Å². The molecule has 0 amide bonds. The Morgan fingerprint density at radius 2 is 1.76 bits per heavy atom. The van der Waals surface area contributed by atoms with Crippen LogP contribution in [-0.4, -0.2) is 39.3 Å². The highest BCUT2D eigenvalue weighted by Crippen LogP contribution is 2.38. The van der Waals surface area contributed by atoms with E-state index < -0.39 is 0 Å². The third-order valence-electron chi connectivity index (χ3n) is 6.25. The smallest absolute Gasteiger partial charge is 0.161 e. The van der Waals surface area contributed by atoms with Crippen LogP contribution < -0.4 is 9.47 Å². The van der Waals surface area contributed by atoms with Crippen LogP contribution in [0.15, 0.2) is 42.5 Å². The molecule has 4 nitrogen and oxygen atoms in total. The highest BCUT2D eigenvalue weighted by atomic mass is 16.5. The molecule has 4 heteroatoms. The summed E-state index contributed by atoms with van der Waals surface area (Å²) < 4.78 is 16.6. The van der Waals surface area contributed by atoms with Gasteiger partial charge in [-0.25, -0.2) is 0 Å². The van der Waals surface area contributed by atoms with Gasteiger partial charge in [-0.1, -0.05) is 30.3 Å². The second kappa shape index (κ2) is 9.02. The van der Waals surface area contributed by atoms with Gasteiger partial charge in [0.1, 0.15) is 0 Å². The first kappa shape index (κ1) is 20.0. The minimum Gasteiger partial charge on any atom is -0.493 e. The van der Waals surface area contributed by atoms with Crippen molar-refractivity contribution < 1.29 is 14.2 Å². The fraction of sp³-hybridized carbons (Fsp3) is 0.440. The lowest BCUT2D eigenvalue weighted by Crippen LogP contribution is -2.31. The largest absolute Gasteiger partial charge is 0.493 e. The predicted molar refractivity (Wildman–Crippen MR) is 117 cm³/mol. The molecular formula is C25H31NO3. The maximum Gasteiger partial charge on any atom is 0.161 e. The van der Waals surface area contributed by atoms with Gasteiger partial charge in [0.05, 0.1) is 20.3 Å². The van der Waals surface area contributed by atoms with Crippen molar-refractivity contribution in [1.29, 1.82) is 0 Å². The van der Waals surface area contributed by atoms with Crippen LogP contribution in [0.4, 0.5) is 0 Å². The summed E-state index contributed by atoms with van der Waals surface area (Å²) in [4.78, 5) is 2.54. The van der Waals surface area contributed by atoms with Crippen LogP contribution in [-0.2, 0) is 17.7 Å². The summed E-state index contributed by atoms with van der Waals surface area (Å²) in [6, 6.07) is 13.0. The molecule has 2 aliphatic rings. The van der Waals surface area contributed by atoms with Crippen molar-refractivity contribution in [3.63, 3.8) is 0 Å². The zero-order chi connectivity index (χ0) is 20.2. The Kier molecular flexibility index (Phi) is 6.22. The van der Waals surface area contributed by atoms with E-state index in [1.165, 1.54) is 27.8 Å². The second-order valence-corrected chi connectivity index (χ2v) is 7.87. The number of methoxy groups -OCH3 is 3. The van der Waals surface area contributed by atoms with E-state index in [1.54, 1.807) is 14.2 Å². The van der Waals surface area contributed by atoms with E-state index >= 15 is 0 Å². The van der Waals surface area contributed by atoms with Crippen molar-refractivity contribution >= 4 is 5.57 Å². The maximum atomic E-state index is 5.68. The first-order chi connectivity index (χ1) is 14.2. The minimum absolute atomic E-state index is 0.230. The number of benzene rings is 2. The summed E-state index contributed by atoms with van der Waals surface area (Å²) in [7, 11) is 5.22. The lowest BCUT2D eigenvalue weighted by atomic mass is 9.85. The Morgan fingerprint density at radius 3 is 2.52 bits per heavy atom. The summed E-state index contributed by atoms with van der Waals surface area (Å²) >= 11 is 0.